The molecule has 1 atom stereocenters. The molecule has 0 fully saturated rings. The third-order valence-corrected chi connectivity index (χ3v) is 5.79. The van der Waals surface area contributed by atoms with Gasteiger partial charge in [-0.1, -0.05) is 103 Å². The Kier molecular flexibility index (Phi) is 5.30. The minimum absolute atomic E-state index is 0.295. The summed E-state index contributed by atoms with van der Waals surface area (Å²) in [7, 11) is 2.07. The molecule has 0 amide bonds. The number of carbonyl (C=O) groups is 1. The molecule has 0 N–H and O–H groups in total. The molecule has 3 nitrogen and oxygen atoms in total. The molecule has 4 aromatic carbocycles. The Balaban J connectivity index is 1.62. The van der Waals surface area contributed by atoms with Crippen molar-refractivity contribution in [2.24, 2.45) is 0 Å². The molecule has 1 heterocycles. The molecule has 0 aromatic heterocycles. The Morgan fingerprint density at radius 3 is 2.06 bits per heavy atom. The van der Waals surface area contributed by atoms with Gasteiger partial charge in [0, 0.05) is 29.3 Å². The summed E-state index contributed by atoms with van der Waals surface area (Å²) in [6.45, 7) is 0. The highest BCUT2D eigenvalue weighted by atomic mass is 16.5. The summed E-state index contributed by atoms with van der Waals surface area (Å²) in [6.07, 6.45) is 0.587. The molecule has 156 valence electrons. The fourth-order valence-electron chi connectivity index (χ4n) is 4.28. The van der Waals surface area contributed by atoms with Gasteiger partial charge in [0.05, 0.1) is 5.70 Å². The average molecular weight is 418 g/mol. The minimum atomic E-state index is -0.295. The summed E-state index contributed by atoms with van der Waals surface area (Å²) in [4.78, 5) is 13.5. The number of ether oxygens (including phenoxy) is 1. The van der Waals surface area contributed by atoms with Gasteiger partial charge < -0.3 is 9.64 Å². The highest BCUT2D eigenvalue weighted by Gasteiger charge is 2.34. The molecule has 32 heavy (non-hydrogen) atoms. The summed E-state index contributed by atoms with van der Waals surface area (Å²) in [5, 5.41) is 0. The van der Waals surface area contributed by atoms with E-state index in [-0.39, 0.29) is 6.23 Å². The maximum absolute atomic E-state index is 11.3. The lowest BCUT2D eigenvalue weighted by Gasteiger charge is -2.25. The van der Waals surface area contributed by atoms with Gasteiger partial charge in [-0.05, 0) is 17.2 Å². The van der Waals surface area contributed by atoms with Gasteiger partial charge in [0.1, 0.15) is 6.29 Å². The number of rotatable bonds is 5. The molecular formula is C29H23NO2. The number of aldehydes is 1. The average Bonchev–Trinajstić information content (AvgIpc) is 3.22. The van der Waals surface area contributed by atoms with E-state index >= 15 is 0 Å². The second-order valence-corrected chi connectivity index (χ2v) is 7.82. The van der Waals surface area contributed by atoms with Crippen LogP contribution in [0.25, 0.3) is 22.6 Å². The van der Waals surface area contributed by atoms with E-state index in [2.05, 4.69) is 48.3 Å². The Morgan fingerprint density at radius 2 is 1.34 bits per heavy atom. The molecule has 0 aliphatic carbocycles. The van der Waals surface area contributed by atoms with Crippen molar-refractivity contribution < 1.29 is 9.53 Å². The van der Waals surface area contributed by atoms with Gasteiger partial charge in [0.25, 0.3) is 0 Å². The number of hydrogen-bond donors (Lipinski definition) is 0. The zero-order chi connectivity index (χ0) is 21.9. The van der Waals surface area contributed by atoms with Crippen molar-refractivity contribution in [3.8, 4) is 11.1 Å². The second kappa shape index (κ2) is 8.56. The molecule has 1 aliphatic heterocycles. The first-order chi connectivity index (χ1) is 15.8. The van der Waals surface area contributed by atoms with Crippen molar-refractivity contribution in [1.29, 1.82) is 0 Å². The van der Waals surface area contributed by atoms with Crippen LogP contribution in [0.3, 0.4) is 0 Å². The molecule has 0 bridgehead atoms. The fraction of sp³-hybridized carbons (Fsp3) is 0.0690. The first-order valence-corrected chi connectivity index (χ1v) is 10.7. The van der Waals surface area contributed by atoms with Crippen LogP contribution in [0.1, 0.15) is 33.3 Å². The summed E-state index contributed by atoms with van der Waals surface area (Å²) in [6, 6.07) is 36.5. The smallest absolute Gasteiger partial charge is 0.199 e. The number of benzene rings is 4. The number of carbonyl (C=O) groups excluding carboxylic acids is 1. The van der Waals surface area contributed by atoms with E-state index in [9.17, 15) is 4.79 Å². The SMILES string of the molecule is CN1C(c2ccccc2)=C(c2ccccc2)OC1c1ccccc1-c1cccc(C=O)c1. The van der Waals surface area contributed by atoms with Gasteiger partial charge in [0.15, 0.2) is 12.0 Å². The van der Waals surface area contributed by atoms with Crippen LogP contribution >= 0.6 is 0 Å². The van der Waals surface area contributed by atoms with Gasteiger partial charge in [-0.3, -0.25) is 4.79 Å². The molecule has 5 rings (SSSR count). The number of hydrogen-bond acceptors (Lipinski definition) is 3. The Hall–Kier alpha value is -4.11. The lowest BCUT2D eigenvalue weighted by Crippen LogP contribution is -2.19. The summed E-state index contributed by atoms with van der Waals surface area (Å²) in [5.41, 5.74) is 6.96. The largest absolute Gasteiger partial charge is 0.463 e. The second-order valence-electron chi connectivity index (χ2n) is 7.82. The third-order valence-electron chi connectivity index (χ3n) is 5.79. The van der Waals surface area contributed by atoms with Crippen LogP contribution in [0.15, 0.2) is 109 Å². The van der Waals surface area contributed by atoms with E-state index in [1.54, 1.807) is 0 Å². The molecular weight excluding hydrogens is 394 g/mol. The van der Waals surface area contributed by atoms with Crippen molar-refractivity contribution in [3.63, 3.8) is 0 Å². The van der Waals surface area contributed by atoms with E-state index in [4.69, 9.17) is 4.74 Å². The van der Waals surface area contributed by atoms with E-state index < -0.39 is 0 Å². The lowest BCUT2D eigenvalue weighted by molar-refractivity contribution is 0.0898. The van der Waals surface area contributed by atoms with Crippen molar-refractivity contribution in [2.75, 3.05) is 7.05 Å². The van der Waals surface area contributed by atoms with Crippen molar-refractivity contribution >= 4 is 17.7 Å². The van der Waals surface area contributed by atoms with E-state index in [1.807, 2.05) is 72.8 Å². The summed E-state index contributed by atoms with van der Waals surface area (Å²) in [5.74, 6) is 0.862. The molecule has 0 saturated carbocycles. The van der Waals surface area contributed by atoms with Gasteiger partial charge in [-0.15, -0.1) is 0 Å². The zero-order valence-corrected chi connectivity index (χ0v) is 17.8. The standard InChI is InChI=1S/C29H23NO2/c1-30-27(22-12-4-2-5-13-22)28(23-14-6-3-7-15-23)32-29(30)26-18-9-8-17-25(26)24-16-10-11-21(19-24)20-31/h2-20,29H,1H3. The maximum Gasteiger partial charge on any atom is 0.199 e. The van der Waals surface area contributed by atoms with Crippen LogP contribution in [0.2, 0.25) is 0 Å². The normalized spacial score (nSPS) is 15.5. The van der Waals surface area contributed by atoms with Crippen molar-refractivity contribution in [2.45, 2.75) is 6.23 Å². The van der Waals surface area contributed by atoms with Gasteiger partial charge in [-0.25, -0.2) is 0 Å². The highest BCUT2D eigenvalue weighted by Crippen LogP contribution is 2.46. The molecule has 4 aromatic rings. The quantitative estimate of drug-likeness (QED) is 0.340. The van der Waals surface area contributed by atoms with Crippen LogP contribution in [-0.2, 0) is 4.74 Å². The molecule has 0 spiro atoms. The van der Waals surface area contributed by atoms with E-state index in [1.165, 1.54) is 0 Å². The predicted octanol–water partition coefficient (Wildman–Crippen LogP) is 6.65. The molecule has 0 saturated heterocycles. The predicted molar refractivity (Wildman–Crippen MR) is 129 cm³/mol. The summed E-state index contributed by atoms with van der Waals surface area (Å²) >= 11 is 0. The van der Waals surface area contributed by atoms with Crippen molar-refractivity contribution in [1.82, 2.24) is 4.90 Å². The molecule has 1 aliphatic rings. The van der Waals surface area contributed by atoms with E-state index in [0.717, 1.165) is 45.6 Å². The first kappa shape index (κ1) is 19.8. The first-order valence-electron chi connectivity index (χ1n) is 10.7. The lowest BCUT2D eigenvalue weighted by atomic mass is 9.97. The summed E-state index contributed by atoms with van der Waals surface area (Å²) < 4.78 is 6.67. The maximum atomic E-state index is 11.3. The number of nitrogens with zero attached hydrogens (tertiary/aromatic N) is 1. The molecule has 0 radical (unpaired) electrons. The minimum Gasteiger partial charge on any atom is -0.463 e. The van der Waals surface area contributed by atoms with Crippen LogP contribution < -0.4 is 0 Å². The Bertz CT molecular complexity index is 1280. The van der Waals surface area contributed by atoms with Crippen LogP contribution in [0, 0.1) is 0 Å². The van der Waals surface area contributed by atoms with Crippen LogP contribution in [-0.4, -0.2) is 18.2 Å². The monoisotopic (exact) mass is 417 g/mol. The van der Waals surface area contributed by atoms with Crippen molar-refractivity contribution in [3.05, 3.63) is 131 Å². The Morgan fingerprint density at radius 1 is 0.719 bits per heavy atom. The molecule has 3 heteroatoms. The zero-order valence-electron chi connectivity index (χ0n) is 17.8. The van der Waals surface area contributed by atoms with Gasteiger partial charge in [-0.2, -0.15) is 0 Å². The highest BCUT2D eigenvalue weighted by molar-refractivity contribution is 5.89. The van der Waals surface area contributed by atoms with Gasteiger partial charge in [0.2, 0.25) is 0 Å². The van der Waals surface area contributed by atoms with Gasteiger partial charge >= 0.3 is 0 Å². The fourth-order valence-corrected chi connectivity index (χ4v) is 4.28. The van der Waals surface area contributed by atoms with E-state index in [0.29, 0.717) is 5.56 Å². The Labute approximate surface area is 188 Å². The molecule has 1 unspecified atom stereocenters. The van der Waals surface area contributed by atoms with Crippen LogP contribution in [0.4, 0.5) is 0 Å². The van der Waals surface area contributed by atoms with Crippen LogP contribution in [0.5, 0.6) is 0 Å². The third kappa shape index (κ3) is 3.58. The topological polar surface area (TPSA) is 29.5 Å².